The highest BCUT2D eigenvalue weighted by Crippen LogP contribution is 2.29. The molecule has 1 atom stereocenters. The fraction of sp³-hybridized carbons (Fsp3) is 0.650. The van der Waals surface area contributed by atoms with Gasteiger partial charge in [0, 0.05) is 30.6 Å². The first kappa shape index (κ1) is 18.7. The molecular weight excluding hydrogens is 335 g/mol. The van der Waals surface area contributed by atoms with Crippen LogP contribution >= 0.6 is 11.8 Å². The highest BCUT2D eigenvalue weighted by atomic mass is 32.2. The predicted molar refractivity (Wildman–Crippen MR) is 102 cm³/mol. The lowest BCUT2D eigenvalue weighted by Gasteiger charge is -2.32. The Bertz CT molecular complexity index is 545. The number of amides is 1. The maximum atomic E-state index is 13.0. The molecule has 1 aliphatic carbocycles. The van der Waals surface area contributed by atoms with E-state index >= 15 is 0 Å². The summed E-state index contributed by atoms with van der Waals surface area (Å²) in [6.07, 6.45) is 7.46. The average Bonchev–Trinajstić information content (AvgIpc) is 3.14. The van der Waals surface area contributed by atoms with Gasteiger partial charge >= 0.3 is 0 Å². The van der Waals surface area contributed by atoms with Crippen LogP contribution in [0.2, 0.25) is 0 Å². The summed E-state index contributed by atoms with van der Waals surface area (Å²) in [7, 11) is 0. The van der Waals surface area contributed by atoms with Gasteiger partial charge in [0.05, 0.1) is 5.92 Å². The molecule has 1 saturated carbocycles. The summed E-state index contributed by atoms with van der Waals surface area (Å²) in [5.74, 6) is 1.12. The lowest BCUT2D eigenvalue weighted by atomic mass is 9.96. The predicted octanol–water partition coefficient (Wildman–Crippen LogP) is 3.83. The molecule has 2 fully saturated rings. The lowest BCUT2D eigenvalue weighted by Crippen LogP contribution is -2.43. The summed E-state index contributed by atoms with van der Waals surface area (Å²) in [6.45, 7) is 3.40. The molecule has 0 unspecified atom stereocenters. The van der Waals surface area contributed by atoms with E-state index in [4.69, 9.17) is 0 Å². The van der Waals surface area contributed by atoms with Crippen molar-refractivity contribution in [2.24, 2.45) is 5.92 Å². The number of carbonyl (C=O) groups is 1. The summed E-state index contributed by atoms with van der Waals surface area (Å²) >= 11 is 2.02. The Morgan fingerprint density at radius 2 is 1.92 bits per heavy atom. The fourth-order valence-corrected chi connectivity index (χ4v) is 5.08. The highest BCUT2D eigenvalue weighted by molar-refractivity contribution is 7.99. The van der Waals surface area contributed by atoms with Crippen LogP contribution in [-0.4, -0.2) is 41.4 Å². The normalized spacial score (nSPS) is 22.2. The van der Waals surface area contributed by atoms with Gasteiger partial charge in [0.1, 0.15) is 5.82 Å². The molecule has 1 saturated heterocycles. The zero-order chi connectivity index (χ0) is 17.5. The van der Waals surface area contributed by atoms with Crippen LogP contribution in [0.15, 0.2) is 24.3 Å². The number of nitrogens with one attached hydrogen (secondary N) is 1. The van der Waals surface area contributed by atoms with E-state index in [1.807, 2.05) is 23.9 Å². The molecule has 0 radical (unpaired) electrons. The van der Waals surface area contributed by atoms with Gasteiger partial charge in [-0.15, -0.1) is 0 Å². The Balaban J connectivity index is 1.37. The number of benzene rings is 1. The second-order valence-corrected chi connectivity index (χ2v) is 8.68. The SMILES string of the molecule is O=C(NCCSC1CCCC1)[C@@H]1CCCN(Cc2ccc(F)cc2)C1. The monoisotopic (exact) mass is 364 g/mol. The average molecular weight is 365 g/mol. The van der Waals surface area contributed by atoms with Crippen LogP contribution in [0.25, 0.3) is 0 Å². The number of halogens is 1. The molecule has 1 aliphatic heterocycles. The Morgan fingerprint density at radius 3 is 2.68 bits per heavy atom. The van der Waals surface area contributed by atoms with E-state index in [1.165, 1.54) is 37.8 Å². The number of hydrogen-bond acceptors (Lipinski definition) is 3. The summed E-state index contributed by atoms with van der Waals surface area (Å²) in [5.41, 5.74) is 1.11. The van der Waals surface area contributed by atoms with E-state index in [1.54, 1.807) is 0 Å². The highest BCUT2D eigenvalue weighted by Gasteiger charge is 2.25. The van der Waals surface area contributed by atoms with Crippen molar-refractivity contribution in [1.29, 1.82) is 0 Å². The van der Waals surface area contributed by atoms with Crippen LogP contribution in [0, 0.1) is 11.7 Å². The van der Waals surface area contributed by atoms with Crippen molar-refractivity contribution >= 4 is 17.7 Å². The van der Waals surface area contributed by atoms with Crippen molar-refractivity contribution in [3.63, 3.8) is 0 Å². The standard InChI is InChI=1S/C20H29FN2OS/c21-18-9-7-16(8-10-18)14-23-12-3-4-17(15-23)20(24)22-11-13-25-19-5-1-2-6-19/h7-10,17,19H,1-6,11-15H2,(H,22,24)/t17-/m1/s1. The minimum Gasteiger partial charge on any atom is -0.355 e. The number of nitrogens with zero attached hydrogens (tertiary/aromatic N) is 1. The van der Waals surface area contributed by atoms with Gasteiger partial charge in [-0.25, -0.2) is 4.39 Å². The van der Waals surface area contributed by atoms with Gasteiger partial charge in [0.25, 0.3) is 0 Å². The first-order valence-corrected chi connectivity index (χ1v) is 10.6. The number of rotatable bonds is 7. The Kier molecular flexibility index (Phi) is 7.17. The maximum Gasteiger partial charge on any atom is 0.224 e. The van der Waals surface area contributed by atoms with E-state index in [-0.39, 0.29) is 17.6 Å². The molecule has 3 rings (SSSR count). The van der Waals surface area contributed by atoms with E-state index in [0.29, 0.717) is 0 Å². The Labute approximate surface area is 154 Å². The molecule has 0 bridgehead atoms. The topological polar surface area (TPSA) is 32.3 Å². The summed E-state index contributed by atoms with van der Waals surface area (Å²) < 4.78 is 13.0. The van der Waals surface area contributed by atoms with Gasteiger partial charge in [-0.3, -0.25) is 9.69 Å². The van der Waals surface area contributed by atoms with Gasteiger partial charge < -0.3 is 5.32 Å². The first-order chi connectivity index (χ1) is 12.2. The van der Waals surface area contributed by atoms with E-state index in [9.17, 15) is 9.18 Å². The van der Waals surface area contributed by atoms with Crippen molar-refractivity contribution in [3.8, 4) is 0 Å². The second kappa shape index (κ2) is 9.58. The van der Waals surface area contributed by atoms with Crippen molar-refractivity contribution in [2.45, 2.75) is 50.3 Å². The van der Waals surface area contributed by atoms with Gasteiger partial charge in [-0.05, 0) is 49.9 Å². The Hall–Kier alpha value is -1.07. The Morgan fingerprint density at radius 1 is 1.16 bits per heavy atom. The third-order valence-corrected chi connectivity index (χ3v) is 6.64. The van der Waals surface area contributed by atoms with Gasteiger partial charge in [-0.2, -0.15) is 11.8 Å². The molecule has 25 heavy (non-hydrogen) atoms. The van der Waals surface area contributed by atoms with Crippen LogP contribution in [0.4, 0.5) is 4.39 Å². The number of piperidine rings is 1. The third-order valence-electron chi connectivity index (χ3n) is 5.25. The molecule has 138 valence electrons. The molecule has 1 heterocycles. The van der Waals surface area contributed by atoms with Gasteiger partial charge in [0.2, 0.25) is 5.91 Å². The molecule has 1 aromatic carbocycles. The molecular formula is C20H29FN2OS. The number of carbonyl (C=O) groups excluding carboxylic acids is 1. The minimum atomic E-state index is -0.199. The minimum absolute atomic E-state index is 0.0886. The first-order valence-electron chi connectivity index (χ1n) is 9.57. The van der Waals surface area contributed by atoms with Crippen molar-refractivity contribution < 1.29 is 9.18 Å². The maximum absolute atomic E-state index is 13.0. The molecule has 1 N–H and O–H groups in total. The summed E-state index contributed by atoms with van der Waals surface area (Å²) in [5, 5.41) is 3.95. The van der Waals surface area contributed by atoms with Gasteiger partial charge in [-0.1, -0.05) is 25.0 Å². The van der Waals surface area contributed by atoms with E-state index < -0.39 is 0 Å². The molecule has 2 aliphatic rings. The summed E-state index contributed by atoms with van der Waals surface area (Å²) in [4.78, 5) is 14.8. The molecule has 5 heteroatoms. The van der Waals surface area contributed by atoms with Gasteiger partial charge in [0.15, 0.2) is 0 Å². The zero-order valence-corrected chi connectivity index (χ0v) is 15.7. The fourth-order valence-electron chi connectivity index (χ4n) is 3.86. The third kappa shape index (κ3) is 6.00. The zero-order valence-electron chi connectivity index (χ0n) is 14.9. The number of thioether (sulfide) groups is 1. The van der Waals surface area contributed by atoms with Crippen LogP contribution in [0.3, 0.4) is 0 Å². The van der Waals surface area contributed by atoms with E-state index in [2.05, 4.69) is 10.2 Å². The van der Waals surface area contributed by atoms with Crippen LogP contribution in [0.1, 0.15) is 44.1 Å². The largest absolute Gasteiger partial charge is 0.355 e. The molecule has 3 nitrogen and oxygen atoms in total. The molecule has 1 amide bonds. The molecule has 0 spiro atoms. The number of hydrogen-bond donors (Lipinski definition) is 1. The van der Waals surface area contributed by atoms with E-state index in [0.717, 1.165) is 55.6 Å². The van der Waals surface area contributed by atoms with Crippen molar-refractivity contribution in [1.82, 2.24) is 10.2 Å². The van der Waals surface area contributed by atoms with Crippen LogP contribution in [-0.2, 0) is 11.3 Å². The van der Waals surface area contributed by atoms with Crippen LogP contribution in [0.5, 0.6) is 0 Å². The molecule has 1 aromatic rings. The number of likely N-dealkylation sites (tertiary alicyclic amines) is 1. The molecule has 0 aromatic heterocycles. The van der Waals surface area contributed by atoms with Crippen LogP contribution < -0.4 is 5.32 Å². The summed E-state index contributed by atoms with van der Waals surface area (Å²) in [6, 6.07) is 6.68. The van der Waals surface area contributed by atoms with Crippen molar-refractivity contribution in [3.05, 3.63) is 35.6 Å². The van der Waals surface area contributed by atoms with Crippen molar-refractivity contribution in [2.75, 3.05) is 25.4 Å². The second-order valence-electron chi connectivity index (χ2n) is 7.27. The lowest BCUT2D eigenvalue weighted by molar-refractivity contribution is -0.126. The quantitative estimate of drug-likeness (QED) is 0.746. The smallest absolute Gasteiger partial charge is 0.224 e.